The zero-order valence-corrected chi connectivity index (χ0v) is 14.8. The average Bonchev–Trinajstić information content (AvgIpc) is 2.98. The molecule has 6 nitrogen and oxygen atoms in total. The monoisotopic (exact) mass is 332 g/mol. The van der Waals surface area contributed by atoms with Gasteiger partial charge in [0.2, 0.25) is 0 Å². The highest BCUT2D eigenvalue weighted by Gasteiger charge is 2.26. The van der Waals surface area contributed by atoms with Gasteiger partial charge in [-0.05, 0) is 44.7 Å². The third-order valence-electron chi connectivity index (χ3n) is 4.32. The largest absolute Gasteiger partial charge is 0.338 e. The molecule has 1 saturated heterocycles. The van der Waals surface area contributed by atoms with E-state index < -0.39 is 0 Å². The molecule has 1 heterocycles. The first-order valence-electron chi connectivity index (χ1n) is 8.63. The van der Waals surface area contributed by atoms with Crippen LogP contribution in [0.2, 0.25) is 0 Å². The summed E-state index contributed by atoms with van der Waals surface area (Å²) >= 11 is 0. The van der Waals surface area contributed by atoms with Gasteiger partial charge in [-0.25, -0.2) is 9.59 Å². The Morgan fingerprint density at radius 2 is 2.04 bits per heavy atom. The normalized spacial score (nSPS) is 16.8. The zero-order valence-electron chi connectivity index (χ0n) is 14.8. The number of hydrogen-bond donors (Lipinski definition) is 3. The first-order chi connectivity index (χ1) is 11.5. The number of nitrogens with zero attached hydrogens (tertiary/aromatic N) is 1. The minimum absolute atomic E-state index is 0.0220. The number of amides is 4. The molecule has 0 radical (unpaired) electrons. The molecule has 1 aliphatic rings. The molecule has 0 unspecified atom stereocenters. The lowest BCUT2D eigenvalue weighted by molar-refractivity contribution is 0.207. The fraction of sp³-hybridized carbons (Fsp3) is 0.556. The fourth-order valence-electron chi connectivity index (χ4n) is 3.00. The third-order valence-corrected chi connectivity index (χ3v) is 4.32. The first-order valence-corrected chi connectivity index (χ1v) is 8.63. The van der Waals surface area contributed by atoms with Crippen molar-refractivity contribution < 1.29 is 9.59 Å². The lowest BCUT2D eigenvalue weighted by Crippen LogP contribution is -2.45. The molecule has 0 aliphatic carbocycles. The molecule has 132 valence electrons. The lowest BCUT2D eigenvalue weighted by atomic mass is 10.0. The van der Waals surface area contributed by atoms with E-state index >= 15 is 0 Å². The van der Waals surface area contributed by atoms with Gasteiger partial charge < -0.3 is 20.9 Å². The Morgan fingerprint density at radius 1 is 1.25 bits per heavy atom. The van der Waals surface area contributed by atoms with Crippen LogP contribution >= 0.6 is 0 Å². The molecule has 4 amide bonds. The van der Waals surface area contributed by atoms with Crippen LogP contribution in [-0.2, 0) is 6.42 Å². The Balaban J connectivity index is 1.69. The summed E-state index contributed by atoms with van der Waals surface area (Å²) in [4.78, 5) is 25.5. The summed E-state index contributed by atoms with van der Waals surface area (Å²) in [5, 5.41) is 8.63. The van der Waals surface area contributed by atoms with Crippen LogP contribution in [0.25, 0.3) is 0 Å². The summed E-state index contributed by atoms with van der Waals surface area (Å²) < 4.78 is 0. The van der Waals surface area contributed by atoms with Gasteiger partial charge >= 0.3 is 12.1 Å². The highest BCUT2D eigenvalue weighted by atomic mass is 16.2. The van der Waals surface area contributed by atoms with Crippen LogP contribution in [-0.4, -0.2) is 49.2 Å². The molecule has 0 bridgehead atoms. The second-order valence-electron chi connectivity index (χ2n) is 6.35. The Bertz CT molecular complexity index is 588. The van der Waals surface area contributed by atoms with Crippen molar-refractivity contribution in [2.75, 3.05) is 26.2 Å². The molecule has 0 aromatic heterocycles. The molecule has 0 saturated carbocycles. The Kier molecular flexibility index (Phi) is 6.46. The summed E-state index contributed by atoms with van der Waals surface area (Å²) in [7, 11) is 0. The predicted molar refractivity (Wildman–Crippen MR) is 95.2 cm³/mol. The van der Waals surface area contributed by atoms with Crippen LogP contribution in [0.5, 0.6) is 0 Å². The standard InChI is InChI=1S/C18H28N4O2/c1-4-19-18(24)22-10-8-16(12-22)21-17(23)20-9-7-15-6-5-13(2)11-14(15)3/h5-6,11,16H,4,7-10,12H2,1-3H3,(H,19,24)(H2,20,21,23)/t16-/m1/s1. The van der Waals surface area contributed by atoms with E-state index in [4.69, 9.17) is 0 Å². The van der Waals surface area contributed by atoms with Gasteiger partial charge in [-0.2, -0.15) is 0 Å². The van der Waals surface area contributed by atoms with Crippen molar-refractivity contribution in [2.45, 2.75) is 39.7 Å². The number of benzene rings is 1. The molecule has 3 N–H and O–H groups in total. The first kappa shape index (κ1) is 18.1. The van der Waals surface area contributed by atoms with Gasteiger partial charge in [0.25, 0.3) is 0 Å². The third kappa shape index (κ3) is 5.15. The molecule has 0 spiro atoms. The van der Waals surface area contributed by atoms with E-state index in [0.717, 1.165) is 12.8 Å². The maximum atomic E-state index is 12.0. The van der Waals surface area contributed by atoms with Crippen LogP contribution in [0.15, 0.2) is 18.2 Å². The Hall–Kier alpha value is -2.24. The lowest BCUT2D eigenvalue weighted by Gasteiger charge is -2.17. The second-order valence-corrected chi connectivity index (χ2v) is 6.35. The summed E-state index contributed by atoms with van der Waals surface area (Å²) in [6.45, 7) is 8.53. The number of nitrogens with one attached hydrogen (secondary N) is 3. The molecule has 1 aromatic rings. The van der Waals surface area contributed by atoms with Gasteiger partial charge in [0.15, 0.2) is 0 Å². The fourth-order valence-corrected chi connectivity index (χ4v) is 3.00. The van der Waals surface area contributed by atoms with Crippen molar-refractivity contribution in [3.8, 4) is 0 Å². The van der Waals surface area contributed by atoms with Gasteiger partial charge in [-0.15, -0.1) is 0 Å². The highest BCUT2D eigenvalue weighted by molar-refractivity contribution is 5.76. The van der Waals surface area contributed by atoms with Crippen LogP contribution < -0.4 is 16.0 Å². The van der Waals surface area contributed by atoms with Crippen molar-refractivity contribution >= 4 is 12.1 Å². The number of likely N-dealkylation sites (tertiary alicyclic amines) is 1. The second kappa shape index (κ2) is 8.57. The van der Waals surface area contributed by atoms with E-state index in [2.05, 4.69) is 48.0 Å². The van der Waals surface area contributed by atoms with Crippen LogP contribution in [0, 0.1) is 13.8 Å². The van der Waals surface area contributed by atoms with Crippen molar-refractivity contribution in [3.05, 3.63) is 34.9 Å². The smallest absolute Gasteiger partial charge is 0.317 e. The van der Waals surface area contributed by atoms with Crippen LogP contribution in [0.4, 0.5) is 9.59 Å². The zero-order chi connectivity index (χ0) is 17.5. The molecule has 1 atom stereocenters. The minimum atomic E-state index is -0.164. The molecule has 24 heavy (non-hydrogen) atoms. The van der Waals surface area contributed by atoms with E-state index in [1.807, 2.05) is 6.92 Å². The molecule has 6 heteroatoms. The van der Waals surface area contributed by atoms with Gasteiger partial charge in [-0.1, -0.05) is 23.8 Å². The summed E-state index contributed by atoms with van der Waals surface area (Å²) in [6.07, 6.45) is 1.61. The maximum absolute atomic E-state index is 12.0. The van der Waals surface area contributed by atoms with Crippen molar-refractivity contribution in [1.82, 2.24) is 20.9 Å². The van der Waals surface area contributed by atoms with Crippen molar-refractivity contribution in [1.29, 1.82) is 0 Å². The molecule has 1 aliphatic heterocycles. The van der Waals surface area contributed by atoms with Crippen molar-refractivity contribution in [3.63, 3.8) is 0 Å². The average molecular weight is 332 g/mol. The van der Waals surface area contributed by atoms with E-state index in [1.54, 1.807) is 4.90 Å². The summed E-state index contributed by atoms with van der Waals surface area (Å²) in [6, 6.07) is 6.17. The summed E-state index contributed by atoms with van der Waals surface area (Å²) in [5.41, 5.74) is 3.76. The van der Waals surface area contributed by atoms with E-state index in [-0.39, 0.29) is 18.1 Å². The molecule has 2 rings (SSSR count). The molecule has 1 aromatic carbocycles. The predicted octanol–water partition coefficient (Wildman–Crippen LogP) is 1.95. The van der Waals surface area contributed by atoms with Gasteiger partial charge in [0.05, 0.1) is 0 Å². The number of hydrogen-bond acceptors (Lipinski definition) is 2. The number of carbonyl (C=O) groups is 2. The highest BCUT2D eigenvalue weighted by Crippen LogP contribution is 2.11. The van der Waals surface area contributed by atoms with Gasteiger partial charge in [0, 0.05) is 32.2 Å². The minimum Gasteiger partial charge on any atom is -0.338 e. The quantitative estimate of drug-likeness (QED) is 0.771. The van der Waals surface area contributed by atoms with E-state index in [9.17, 15) is 9.59 Å². The van der Waals surface area contributed by atoms with Gasteiger partial charge in [-0.3, -0.25) is 0 Å². The van der Waals surface area contributed by atoms with E-state index in [1.165, 1.54) is 16.7 Å². The number of rotatable bonds is 5. The molecular formula is C18H28N4O2. The van der Waals surface area contributed by atoms with E-state index in [0.29, 0.717) is 26.2 Å². The summed E-state index contributed by atoms with van der Waals surface area (Å²) in [5.74, 6) is 0. The van der Waals surface area contributed by atoms with Crippen LogP contribution in [0.3, 0.4) is 0 Å². The number of carbonyl (C=O) groups excluding carboxylic acids is 2. The Labute approximate surface area is 144 Å². The molecule has 1 fully saturated rings. The maximum Gasteiger partial charge on any atom is 0.317 e. The van der Waals surface area contributed by atoms with Crippen LogP contribution in [0.1, 0.15) is 30.0 Å². The molecular weight excluding hydrogens is 304 g/mol. The number of aryl methyl sites for hydroxylation is 2. The number of urea groups is 2. The Morgan fingerprint density at radius 3 is 2.75 bits per heavy atom. The topological polar surface area (TPSA) is 73.5 Å². The van der Waals surface area contributed by atoms with Gasteiger partial charge in [0.1, 0.15) is 0 Å². The van der Waals surface area contributed by atoms with Crippen molar-refractivity contribution in [2.24, 2.45) is 0 Å². The SMILES string of the molecule is CCNC(=O)N1CC[C@@H](NC(=O)NCCc2ccc(C)cc2C)C1.